The smallest absolute Gasteiger partial charge is 0.233 e. The zero-order chi connectivity index (χ0) is 22.3. The summed E-state index contributed by atoms with van der Waals surface area (Å²) in [6.07, 6.45) is 1.64. The van der Waals surface area contributed by atoms with Gasteiger partial charge in [-0.25, -0.2) is 0 Å². The van der Waals surface area contributed by atoms with Crippen LogP contribution in [0.2, 0.25) is 0 Å². The van der Waals surface area contributed by atoms with Crippen LogP contribution in [0.4, 0.5) is 0 Å². The molecule has 1 atom stereocenters. The SMILES string of the molecule is COc1ccc(-c2nnc(SC(C)C(=O)NCc3ccccc3)n2Cc2ccco2)cc1. The largest absolute Gasteiger partial charge is 0.497 e. The molecule has 0 fully saturated rings. The summed E-state index contributed by atoms with van der Waals surface area (Å²) in [6.45, 7) is 2.81. The minimum absolute atomic E-state index is 0.0580. The Bertz CT molecular complexity index is 1140. The molecule has 0 aliphatic rings. The van der Waals surface area contributed by atoms with Gasteiger partial charge < -0.3 is 14.5 Å². The molecule has 0 spiro atoms. The number of furan rings is 1. The number of hydrogen-bond donors (Lipinski definition) is 1. The van der Waals surface area contributed by atoms with E-state index >= 15 is 0 Å². The molecule has 164 valence electrons. The van der Waals surface area contributed by atoms with Gasteiger partial charge in [0.25, 0.3) is 0 Å². The number of thioether (sulfide) groups is 1. The van der Waals surface area contributed by atoms with Crippen molar-refractivity contribution in [1.82, 2.24) is 20.1 Å². The third kappa shape index (κ3) is 5.20. The van der Waals surface area contributed by atoms with E-state index in [9.17, 15) is 4.79 Å². The van der Waals surface area contributed by atoms with Crippen LogP contribution in [0.15, 0.2) is 82.6 Å². The zero-order valence-electron chi connectivity index (χ0n) is 17.9. The van der Waals surface area contributed by atoms with Crippen molar-refractivity contribution in [3.8, 4) is 17.1 Å². The molecule has 4 aromatic rings. The first kappa shape index (κ1) is 21.7. The highest BCUT2D eigenvalue weighted by molar-refractivity contribution is 8.00. The molecule has 0 aliphatic heterocycles. The van der Waals surface area contributed by atoms with Crippen LogP contribution >= 0.6 is 11.8 Å². The monoisotopic (exact) mass is 448 g/mol. The van der Waals surface area contributed by atoms with Crippen LogP contribution in [-0.4, -0.2) is 33.0 Å². The topological polar surface area (TPSA) is 82.2 Å². The van der Waals surface area contributed by atoms with Crippen molar-refractivity contribution in [2.24, 2.45) is 0 Å². The number of benzene rings is 2. The van der Waals surface area contributed by atoms with Gasteiger partial charge in [-0.15, -0.1) is 10.2 Å². The third-order valence-corrected chi connectivity index (χ3v) is 6.00. The van der Waals surface area contributed by atoms with Crippen LogP contribution in [0.3, 0.4) is 0 Å². The third-order valence-electron chi connectivity index (χ3n) is 4.92. The number of rotatable bonds is 9. The second-order valence-electron chi connectivity index (χ2n) is 7.16. The fraction of sp³-hybridized carbons (Fsp3) is 0.208. The van der Waals surface area contributed by atoms with E-state index in [0.717, 1.165) is 22.6 Å². The van der Waals surface area contributed by atoms with Crippen LogP contribution in [0.25, 0.3) is 11.4 Å². The number of hydrogen-bond acceptors (Lipinski definition) is 6. The Morgan fingerprint density at radius 1 is 1.09 bits per heavy atom. The summed E-state index contributed by atoms with van der Waals surface area (Å²) in [5, 5.41) is 12.1. The molecule has 1 N–H and O–H groups in total. The van der Waals surface area contributed by atoms with E-state index in [1.807, 2.05) is 78.2 Å². The van der Waals surface area contributed by atoms with Crippen molar-refractivity contribution in [3.63, 3.8) is 0 Å². The van der Waals surface area contributed by atoms with Crippen molar-refractivity contribution in [3.05, 3.63) is 84.3 Å². The van der Waals surface area contributed by atoms with Gasteiger partial charge in [0.1, 0.15) is 11.5 Å². The van der Waals surface area contributed by atoms with Crippen LogP contribution in [0, 0.1) is 0 Å². The molecule has 0 saturated carbocycles. The van der Waals surface area contributed by atoms with Crippen molar-refractivity contribution < 1.29 is 13.9 Å². The van der Waals surface area contributed by atoms with Crippen LogP contribution < -0.4 is 10.1 Å². The van der Waals surface area contributed by atoms with Gasteiger partial charge in [0.2, 0.25) is 5.91 Å². The molecule has 1 unspecified atom stereocenters. The number of nitrogens with one attached hydrogen (secondary N) is 1. The Morgan fingerprint density at radius 2 is 1.88 bits per heavy atom. The summed E-state index contributed by atoms with van der Waals surface area (Å²) in [5.41, 5.74) is 1.96. The van der Waals surface area contributed by atoms with Gasteiger partial charge in [-0.3, -0.25) is 9.36 Å². The highest BCUT2D eigenvalue weighted by atomic mass is 32.2. The number of carbonyl (C=O) groups is 1. The summed E-state index contributed by atoms with van der Waals surface area (Å²) in [5.74, 6) is 2.19. The van der Waals surface area contributed by atoms with Gasteiger partial charge in [-0.2, -0.15) is 0 Å². The van der Waals surface area contributed by atoms with E-state index in [-0.39, 0.29) is 11.2 Å². The predicted octanol–water partition coefficient (Wildman–Crippen LogP) is 4.39. The van der Waals surface area contributed by atoms with Crippen molar-refractivity contribution in [2.45, 2.75) is 30.4 Å². The minimum atomic E-state index is -0.345. The second-order valence-corrected chi connectivity index (χ2v) is 8.47. The Balaban J connectivity index is 1.53. The quantitative estimate of drug-likeness (QED) is 0.383. The minimum Gasteiger partial charge on any atom is -0.497 e. The lowest BCUT2D eigenvalue weighted by Crippen LogP contribution is -2.30. The van der Waals surface area contributed by atoms with Gasteiger partial charge in [0, 0.05) is 12.1 Å². The number of aromatic nitrogens is 3. The van der Waals surface area contributed by atoms with E-state index in [2.05, 4.69) is 15.5 Å². The maximum atomic E-state index is 12.7. The van der Waals surface area contributed by atoms with E-state index in [0.29, 0.717) is 24.1 Å². The predicted molar refractivity (Wildman–Crippen MR) is 123 cm³/mol. The Kier molecular flexibility index (Phi) is 6.91. The number of carbonyl (C=O) groups excluding carboxylic acids is 1. The Morgan fingerprint density at radius 3 is 2.56 bits per heavy atom. The van der Waals surface area contributed by atoms with E-state index < -0.39 is 0 Å². The first-order chi connectivity index (χ1) is 15.6. The molecule has 1 amide bonds. The fourth-order valence-corrected chi connectivity index (χ4v) is 4.04. The van der Waals surface area contributed by atoms with Gasteiger partial charge in [0.05, 0.1) is 25.2 Å². The molecular formula is C24H24N4O3S. The molecule has 2 heterocycles. The molecule has 0 radical (unpaired) electrons. The summed E-state index contributed by atoms with van der Waals surface area (Å²) < 4.78 is 12.8. The molecule has 8 heteroatoms. The Labute approximate surface area is 190 Å². The summed E-state index contributed by atoms with van der Waals surface area (Å²) in [4.78, 5) is 12.7. The highest BCUT2D eigenvalue weighted by Crippen LogP contribution is 2.29. The first-order valence-electron chi connectivity index (χ1n) is 10.2. The van der Waals surface area contributed by atoms with Crippen molar-refractivity contribution in [1.29, 1.82) is 0 Å². The van der Waals surface area contributed by atoms with Crippen LogP contribution in [0.5, 0.6) is 5.75 Å². The van der Waals surface area contributed by atoms with Gasteiger partial charge in [0.15, 0.2) is 11.0 Å². The van der Waals surface area contributed by atoms with Crippen LogP contribution in [-0.2, 0) is 17.9 Å². The summed E-state index contributed by atoms with van der Waals surface area (Å²) in [6, 6.07) is 21.2. The summed E-state index contributed by atoms with van der Waals surface area (Å²) in [7, 11) is 1.63. The standard InChI is InChI=1S/C24H24N4O3S/c1-17(23(29)25-15-18-7-4-3-5-8-18)32-24-27-26-22(19-10-12-20(30-2)13-11-19)28(24)16-21-9-6-14-31-21/h3-14,17H,15-16H2,1-2H3,(H,25,29). The normalized spacial score (nSPS) is 11.8. The van der Waals surface area contributed by atoms with E-state index in [1.54, 1.807) is 13.4 Å². The second kappa shape index (κ2) is 10.2. The molecule has 2 aromatic heterocycles. The van der Waals surface area contributed by atoms with E-state index in [1.165, 1.54) is 11.8 Å². The molecule has 0 aliphatic carbocycles. The fourth-order valence-electron chi connectivity index (χ4n) is 3.17. The Hall–Kier alpha value is -3.52. The maximum Gasteiger partial charge on any atom is 0.233 e. The molecule has 32 heavy (non-hydrogen) atoms. The number of ether oxygens (including phenoxy) is 1. The van der Waals surface area contributed by atoms with Gasteiger partial charge >= 0.3 is 0 Å². The summed E-state index contributed by atoms with van der Waals surface area (Å²) >= 11 is 1.37. The zero-order valence-corrected chi connectivity index (χ0v) is 18.7. The van der Waals surface area contributed by atoms with Gasteiger partial charge in [-0.05, 0) is 48.9 Å². The highest BCUT2D eigenvalue weighted by Gasteiger charge is 2.21. The number of methoxy groups -OCH3 is 1. The number of amides is 1. The van der Waals surface area contributed by atoms with Crippen molar-refractivity contribution >= 4 is 17.7 Å². The van der Waals surface area contributed by atoms with E-state index in [4.69, 9.17) is 9.15 Å². The lowest BCUT2D eigenvalue weighted by molar-refractivity contribution is -0.120. The molecule has 0 bridgehead atoms. The average molecular weight is 449 g/mol. The molecule has 4 rings (SSSR count). The lowest BCUT2D eigenvalue weighted by Gasteiger charge is -2.13. The molecule has 2 aromatic carbocycles. The number of nitrogens with zero attached hydrogens (tertiary/aromatic N) is 3. The first-order valence-corrected chi connectivity index (χ1v) is 11.1. The maximum absolute atomic E-state index is 12.7. The molecular weight excluding hydrogens is 424 g/mol. The molecule has 7 nitrogen and oxygen atoms in total. The molecule has 0 saturated heterocycles. The van der Waals surface area contributed by atoms with Crippen molar-refractivity contribution in [2.75, 3.05) is 7.11 Å². The lowest BCUT2D eigenvalue weighted by atomic mass is 10.2. The average Bonchev–Trinajstić information content (AvgIpc) is 3.49. The van der Waals surface area contributed by atoms with Gasteiger partial charge in [-0.1, -0.05) is 42.1 Å². The van der Waals surface area contributed by atoms with Crippen LogP contribution in [0.1, 0.15) is 18.2 Å².